The molecule has 0 radical (unpaired) electrons. The third-order valence-electron chi connectivity index (χ3n) is 7.09. The second kappa shape index (κ2) is 11.5. The molecule has 0 aromatic carbocycles. The molecule has 3 aromatic rings. The van der Waals surface area contributed by atoms with Crippen molar-refractivity contribution in [2.45, 2.75) is 70.7 Å². The number of aromatic nitrogens is 6. The van der Waals surface area contributed by atoms with Crippen LogP contribution in [0.5, 0.6) is 0 Å². The number of anilines is 3. The Morgan fingerprint density at radius 3 is 2.53 bits per heavy atom. The minimum atomic E-state index is -0.113. The zero-order chi connectivity index (χ0) is 25.7. The molecule has 3 N–H and O–H groups in total. The summed E-state index contributed by atoms with van der Waals surface area (Å²) >= 11 is 0. The van der Waals surface area contributed by atoms with E-state index >= 15 is 0 Å². The Labute approximate surface area is 212 Å². The fourth-order valence-corrected chi connectivity index (χ4v) is 5.11. The molecule has 2 unspecified atom stereocenters. The number of nitriles is 1. The van der Waals surface area contributed by atoms with Gasteiger partial charge in [-0.1, -0.05) is 13.8 Å². The van der Waals surface area contributed by atoms with Gasteiger partial charge < -0.3 is 15.3 Å². The SMILES string of the molecule is CCC1CC(N(C)c2nc(Nc3cc(CO)[nH]n3)cc(-c3cnn(C)c3)n2)CC(CC)N1CCC#N. The highest BCUT2D eigenvalue weighted by molar-refractivity contribution is 5.66. The molecule has 36 heavy (non-hydrogen) atoms. The minimum Gasteiger partial charge on any atom is -0.390 e. The monoisotopic (exact) mass is 492 g/mol. The van der Waals surface area contributed by atoms with Crippen molar-refractivity contribution < 1.29 is 5.11 Å². The number of aliphatic hydroxyl groups is 1. The van der Waals surface area contributed by atoms with Crippen molar-refractivity contribution in [3.63, 3.8) is 0 Å². The van der Waals surface area contributed by atoms with Crippen molar-refractivity contribution in [2.75, 3.05) is 23.8 Å². The van der Waals surface area contributed by atoms with Gasteiger partial charge in [-0.25, -0.2) is 4.98 Å². The van der Waals surface area contributed by atoms with E-state index in [1.807, 2.05) is 19.3 Å². The van der Waals surface area contributed by atoms with E-state index in [9.17, 15) is 5.11 Å². The Balaban J connectivity index is 1.64. The predicted octanol–water partition coefficient (Wildman–Crippen LogP) is 3.21. The molecule has 2 atom stereocenters. The quantitative estimate of drug-likeness (QED) is 0.390. The summed E-state index contributed by atoms with van der Waals surface area (Å²) in [5.74, 6) is 1.83. The first-order valence-electron chi connectivity index (χ1n) is 12.6. The van der Waals surface area contributed by atoms with Gasteiger partial charge in [-0.2, -0.15) is 20.4 Å². The highest BCUT2D eigenvalue weighted by Crippen LogP contribution is 2.32. The van der Waals surface area contributed by atoms with Gasteiger partial charge in [-0.3, -0.25) is 14.7 Å². The van der Waals surface area contributed by atoms with Gasteiger partial charge in [0.05, 0.1) is 30.3 Å². The number of nitrogens with one attached hydrogen (secondary N) is 2. The molecule has 0 aliphatic carbocycles. The van der Waals surface area contributed by atoms with Crippen molar-refractivity contribution in [1.29, 1.82) is 5.26 Å². The van der Waals surface area contributed by atoms with E-state index in [4.69, 9.17) is 15.2 Å². The highest BCUT2D eigenvalue weighted by Gasteiger charge is 2.36. The average molecular weight is 493 g/mol. The first-order chi connectivity index (χ1) is 17.4. The van der Waals surface area contributed by atoms with E-state index in [0.717, 1.165) is 43.5 Å². The summed E-state index contributed by atoms with van der Waals surface area (Å²) in [5.41, 5.74) is 2.29. The maximum atomic E-state index is 9.36. The Kier molecular flexibility index (Phi) is 8.18. The first kappa shape index (κ1) is 25.6. The van der Waals surface area contributed by atoms with E-state index < -0.39 is 0 Å². The van der Waals surface area contributed by atoms with Crippen LogP contribution in [0.25, 0.3) is 11.3 Å². The standard InChI is InChI=1S/C25H36N10O/c1-5-19-11-21(12-20(6-2)35(19)9-7-8-26)34(4)25-28-22(17-14-27-33(3)15-17)13-23(30-25)29-24-10-18(16-36)31-32-24/h10,13-15,19-21,36H,5-7,9,11-12,16H2,1-4H3,(H2,28,29,30,31,32). The molecule has 1 saturated heterocycles. The largest absolute Gasteiger partial charge is 0.390 e. The molecule has 4 heterocycles. The smallest absolute Gasteiger partial charge is 0.227 e. The van der Waals surface area contributed by atoms with Crippen molar-refractivity contribution in [3.05, 3.63) is 30.2 Å². The van der Waals surface area contributed by atoms with Gasteiger partial charge in [-0.05, 0) is 25.7 Å². The van der Waals surface area contributed by atoms with Gasteiger partial charge in [0.25, 0.3) is 0 Å². The molecule has 0 bridgehead atoms. The van der Waals surface area contributed by atoms with Crippen molar-refractivity contribution in [3.8, 4) is 17.3 Å². The lowest BCUT2D eigenvalue weighted by atomic mass is 9.87. The van der Waals surface area contributed by atoms with Gasteiger partial charge in [0.2, 0.25) is 5.95 Å². The predicted molar refractivity (Wildman–Crippen MR) is 139 cm³/mol. The summed E-state index contributed by atoms with van der Waals surface area (Å²) < 4.78 is 1.75. The fourth-order valence-electron chi connectivity index (χ4n) is 5.11. The second-order valence-electron chi connectivity index (χ2n) is 9.41. The molecule has 1 fully saturated rings. The fraction of sp³-hybridized carbons (Fsp3) is 0.560. The summed E-state index contributed by atoms with van der Waals surface area (Å²) in [4.78, 5) is 14.5. The molecule has 192 valence electrons. The molecule has 11 heteroatoms. The molecule has 0 spiro atoms. The Morgan fingerprint density at radius 2 is 1.94 bits per heavy atom. The molecule has 0 saturated carbocycles. The number of piperidine rings is 1. The van der Waals surface area contributed by atoms with Gasteiger partial charge >= 0.3 is 0 Å². The molecule has 0 amide bonds. The summed E-state index contributed by atoms with van der Waals surface area (Å²) in [5, 5.41) is 33.1. The highest BCUT2D eigenvalue weighted by atomic mass is 16.3. The van der Waals surface area contributed by atoms with Crippen LogP contribution in [-0.2, 0) is 13.7 Å². The van der Waals surface area contributed by atoms with Crippen molar-refractivity contribution in [2.24, 2.45) is 7.05 Å². The first-order valence-corrected chi connectivity index (χ1v) is 12.6. The third-order valence-corrected chi connectivity index (χ3v) is 7.09. The molecule has 1 aliphatic rings. The van der Waals surface area contributed by atoms with Gasteiger partial charge in [0, 0.05) is 69.1 Å². The summed E-state index contributed by atoms with van der Waals surface area (Å²) in [6.45, 7) is 5.17. The molecule has 11 nitrogen and oxygen atoms in total. The van der Waals surface area contributed by atoms with Crippen LogP contribution in [0.3, 0.4) is 0 Å². The number of aryl methyl sites for hydroxylation is 1. The van der Waals surface area contributed by atoms with Gasteiger partial charge in [0.15, 0.2) is 5.82 Å². The number of rotatable bonds is 10. The van der Waals surface area contributed by atoms with Crippen molar-refractivity contribution in [1.82, 2.24) is 34.8 Å². The zero-order valence-electron chi connectivity index (χ0n) is 21.5. The maximum absolute atomic E-state index is 9.36. The van der Waals surface area contributed by atoms with E-state index in [1.54, 1.807) is 16.9 Å². The number of H-pyrrole nitrogens is 1. The van der Waals surface area contributed by atoms with Crippen LogP contribution in [0, 0.1) is 11.3 Å². The topological polar surface area (TPSA) is 135 Å². The lowest BCUT2D eigenvalue weighted by Crippen LogP contribution is -2.54. The number of aromatic amines is 1. The van der Waals surface area contributed by atoms with E-state index in [0.29, 0.717) is 41.8 Å². The van der Waals surface area contributed by atoms with Crippen LogP contribution in [-0.4, -0.2) is 71.7 Å². The molecular formula is C25H36N10O. The second-order valence-corrected chi connectivity index (χ2v) is 9.41. The molecule has 1 aliphatic heterocycles. The number of hydrogen-bond acceptors (Lipinski definition) is 9. The summed E-state index contributed by atoms with van der Waals surface area (Å²) in [6, 6.07) is 7.07. The lowest BCUT2D eigenvalue weighted by Gasteiger charge is -2.47. The zero-order valence-corrected chi connectivity index (χ0v) is 21.5. The lowest BCUT2D eigenvalue weighted by molar-refractivity contribution is 0.0682. The van der Waals surface area contributed by atoms with Crippen LogP contribution in [0.15, 0.2) is 24.5 Å². The minimum absolute atomic E-state index is 0.113. The van der Waals surface area contributed by atoms with Crippen LogP contribution >= 0.6 is 0 Å². The number of aliphatic hydroxyl groups excluding tert-OH is 1. The van der Waals surface area contributed by atoms with Crippen LogP contribution in [0.1, 0.15) is 51.6 Å². The molecular weight excluding hydrogens is 456 g/mol. The van der Waals surface area contributed by atoms with Gasteiger partial charge in [0.1, 0.15) is 5.82 Å². The Hall–Kier alpha value is -3.49. The third kappa shape index (κ3) is 5.66. The van der Waals surface area contributed by atoms with Crippen LogP contribution < -0.4 is 10.2 Å². The van der Waals surface area contributed by atoms with Crippen molar-refractivity contribution >= 4 is 17.6 Å². The maximum Gasteiger partial charge on any atom is 0.227 e. The summed E-state index contributed by atoms with van der Waals surface area (Å²) in [7, 11) is 3.95. The van der Waals surface area contributed by atoms with Gasteiger partial charge in [-0.15, -0.1) is 0 Å². The number of likely N-dealkylation sites (tertiary alicyclic amines) is 1. The van der Waals surface area contributed by atoms with E-state index in [1.165, 1.54) is 0 Å². The Bertz CT molecular complexity index is 1170. The Morgan fingerprint density at radius 1 is 1.19 bits per heavy atom. The average Bonchev–Trinajstić information content (AvgIpc) is 3.54. The van der Waals surface area contributed by atoms with E-state index in [-0.39, 0.29) is 12.6 Å². The molecule has 3 aromatic heterocycles. The summed E-state index contributed by atoms with van der Waals surface area (Å²) in [6.07, 6.45) is 8.37. The van der Waals surface area contributed by atoms with E-state index in [2.05, 4.69) is 57.4 Å². The normalized spacial score (nSPS) is 20.3. The number of nitrogens with zero attached hydrogens (tertiary/aromatic N) is 8. The van der Waals surface area contributed by atoms with Crippen LogP contribution in [0.2, 0.25) is 0 Å². The van der Waals surface area contributed by atoms with Crippen LogP contribution in [0.4, 0.5) is 17.6 Å². The number of hydrogen-bond donors (Lipinski definition) is 3. The molecule has 4 rings (SSSR count).